The van der Waals surface area contributed by atoms with E-state index in [0.717, 1.165) is 18.4 Å². The summed E-state index contributed by atoms with van der Waals surface area (Å²) in [6.07, 6.45) is 3.22. The summed E-state index contributed by atoms with van der Waals surface area (Å²) in [4.78, 5) is 11.6. The number of benzene rings is 1. The van der Waals surface area contributed by atoms with Crippen LogP contribution in [0, 0.1) is 5.92 Å². The Morgan fingerprint density at radius 1 is 1.53 bits per heavy atom. The zero-order chi connectivity index (χ0) is 12.3. The van der Waals surface area contributed by atoms with E-state index in [0.29, 0.717) is 17.3 Å². The second-order valence-corrected chi connectivity index (χ2v) is 4.72. The molecular weight excluding hydrogens is 238 g/mol. The van der Waals surface area contributed by atoms with Crippen LogP contribution in [0.15, 0.2) is 18.2 Å². The summed E-state index contributed by atoms with van der Waals surface area (Å²) in [7, 11) is 1.58. The van der Waals surface area contributed by atoms with E-state index >= 15 is 0 Å². The van der Waals surface area contributed by atoms with Gasteiger partial charge in [-0.15, -0.1) is 0 Å². The molecule has 0 heterocycles. The maximum atomic E-state index is 11.6. The van der Waals surface area contributed by atoms with Crippen LogP contribution in [-0.4, -0.2) is 13.0 Å². The molecule has 1 aromatic rings. The van der Waals surface area contributed by atoms with Crippen molar-refractivity contribution in [3.8, 4) is 5.75 Å². The molecule has 0 bridgehead atoms. The monoisotopic (exact) mass is 253 g/mol. The Morgan fingerprint density at radius 3 is 2.82 bits per heavy atom. The standard InChI is InChI=1S/C13H16ClNO2/c1-17-12-6-5-9(7-11(12)14)8-15-13(16)10-3-2-4-10/h5-7,10H,2-4,8H2,1H3,(H,15,16). The molecule has 1 aromatic carbocycles. The third-order valence-corrected chi connectivity index (χ3v) is 3.45. The quantitative estimate of drug-likeness (QED) is 0.896. The van der Waals surface area contributed by atoms with Crippen molar-refractivity contribution in [1.82, 2.24) is 5.32 Å². The highest BCUT2D eigenvalue weighted by Crippen LogP contribution is 2.27. The van der Waals surface area contributed by atoms with Crippen molar-refractivity contribution in [2.24, 2.45) is 5.92 Å². The minimum atomic E-state index is 0.156. The van der Waals surface area contributed by atoms with E-state index in [2.05, 4.69) is 5.32 Å². The van der Waals surface area contributed by atoms with E-state index in [1.165, 1.54) is 6.42 Å². The van der Waals surface area contributed by atoms with Gasteiger partial charge in [0.1, 0.15) is 5.75 Å². The van der Waals surface area contributed by atoms with E-state index in [4.69, 9.17) is 16.3 Å². The highest BCUT2D eigenvalue weighted by atomic mass is 35.5. The SMILES string of the molecule is COc1ccc(CNC(=O)C2CCC2)cc1Cl. The maximum Gasteiger partial charge on any atom is 0.223 e. The van der Waals surface area contributed by atoms with Crippen molar-refractivity contribution in [3.63, 3.8) is 0 Å². The minimum Gasteiger partial charge on any atom is -0.495 e. The van der Waals surface area contributed by atoms with Gasteiger partial charge in [-0.2, -0.15) is 0 Å². The molecule has 1 N–H and O–H groups in total. The fourth-order valence-corrected chi connectivity index (χ4v) is 2.10. The molecule has 0 aliphatic heterocycles. The number of rotatable bonds is 4. The van der Waals surface area contributed by atoms with Crippen molar-refractivity contribution in [2.45, 2.75) is 25.8 Å². The zero-order valence-corrected chi connectivity index (χ0v) is 10.6. The van der Waals surface area contributed by atoms with Gasteiger partial charge in [-0.25, -0.2) is 0 Å². The van der Waals surface area contributed by atoms with Gasteiger partial charge in [-0.3, -0.25) is 4.79 Å². The van der Waals surface area contributed by atoms with E-state index in [9.17, 15) is 4.79 Å². The van der Waals surface area contributed by atoms with E-state index in [-0.39, 0.29) is 11.8 Å². The Hall–Kier alpha value is -1.22. The number of amides is 1. The lowest BCUT2D eigenvalue weighted by Crippen LogP contribution is -2.33. The second kappa shape index (κ2) is 5.41. The third kappa shape index (κ3) is 2.91. The molecule has 0 aromatic heterocycles. The molecule has 2 rings (SSSR count). The van der Waals surface area contributed by atoms with Crippen molar-refractivity contribution >= 4 is 17.5 Å². The van der Waals surface area contributed by atoms with Crippen molar-refractivity contribution in [1.29, 1.82) is 0 Å². The number of nitrogens with one attached hydrogen (secondary N) is 1. The Labute approximate surface area is 106 Å². The third-order valence-electron chi connectivity index (χ3n) is 3.16. The van der Waals surface area contributed by atoms with Gasteiger partial charge < -0.3 is 10.1 Å². The number of hydrogen-bond acceptors (Lipinski definition) is 2. The average molecular weight is 254 g/mol. The lowest BCUT2D eigenvalue weighted by atomic mass is 9.85. The topological polar surface area (TPSA) is 38.3 Å². The lowest BCUT2D eigenvalue weighted by Gasteiger charge is -2.24. The van der Waals surface area contributed by atoms with Crippen molar-refractivity contribution < 1.29 is 9.53 Å². The Balaban J connectivity index is 1.90. The van der Waals surface area contributed by atoms with E-state index in [1.54, 1.807) is 7.11 Å². The molecule has 92 valence electrons. The first kappa shape index (κ1) is 12.2. The van der Waals surface area contributed by atoms with Crippen LogP contribution in [0.4, 0.5) is 0 Å². The molecule has 1 aliphatic rings. The van der Waals surface area contributed by atoms with Gasteiger partial charge >= 0.3 is 0 Å². The zero-order valence-electron chi connectivity index (χ0n) is 9.83. The summed E-state index contributed by atoms with van der Waals surface area (Å²) in [6.45, 7) is 0.527. The molecule has 0 saturated heterocycles. The fraction of sp³-hybridized carbons (Fsp3) is 0.462. The number of carbonyl (C=O) groups is 1. The Bertz CT molecular complexity index is 416. The van der Waals surface area contributed by atoms with Gasteiger partial charge in [0.25, 0.3) is 0 Å². The molecular formula is C13H16ClNO2. The first-order valence-electron chi connectivity index (χ1n) is 5.81. The molecule has 1 amide bonds. The summed E-state index contributed by atoms with van der Waals surface area (Å²) in [5.41, 5.74) is 0.989. The number of methoxy groups -OCH3 is 1. The number of ether oxygens (including phenoxy) is 1. The number of halogens is 1. The smallest absolute Gasteiger partial charge is 0.223 e. The van der Waals surface area contributed by atoms with Crippen LogP contribution in [0.1, 0.15) is 24.8 Å². The summed E-state index contributed by atoms with van der Waals surface area (Å²) in [5.74, 6) is 1.03. The summed E-state index contributed by atoms with van der Waals surface area (Å²) < 4.78 is 5.07. The Kier molecular flexibility index (Phi) is 3.89. The molecule has 3 nitrogen and oxygen atoms in total. The van der Waals surface area contributed by atoms with Gasteiger partial charge in [-0.05, 0) is 30.5 Å². The predicted molar refractivity (Wildman–Crippen MR) is 67.2 cm³/mol. The first-order valence-corrected chi connectivity index (χ1v) is 6.18. The van der Waals surface area contributed by atoms with Crippen LogP contribution in [0.3, 0.4) is 0 Å². The molecule has 0 spiro atoms. The summed E-state index contributed by atoms with van der Waals surface area (Å²) in [6, 6.07) is 5.54. The number of hydrogen-bond donors (Lipinski definition) is 1. The molecule has 17 heavy (non-hydrogen) atoms. The summed E-state index contributed by atoms with van der Waals surface area (Å²) >= 11 is 6.01. The normalized spacial score (nSPS) is 15.2. The highest BCUT2D eigenvalue weighted by molar-refractivity contribution is 6.32. The van der Waals surface area contributed by atoms with Gasteiger partial charge in [0.15, 0.2) is 0 Å². The van der Waals surface area contributed by atoms with Gasteiger partial charge in [-0.1, -0.05) is 24.1 Å². The predicted octanol–water partition coefficient (Wildman–Crippen LogP) is 2.76. The van der Waals surface area contributed by atoms with Gasteiger partial charge in [0, 0.05) is 12.5 Å². The molecule has 1 saturated carbocycles. The molecule has 1 fully saturated rings. The van der Waals surface area contributed by atoms with Crippen LogP contribution in [-0.2, 0) is 11.3 Å². The second-order valence-electron chi connectivity index (χ2n) is 4.31. The highest BCUT2D eigenvalue weighted by Gasteiger charge is 2.24. The van der Waals surface area contributed by atoms with Crippen LogP contribution in [0.2, 0.25) is 5.02 Å². The van der Waals surface area contributed by atoms with E-state index < -0.39 is 0 Å². The first-order chi connectivity index (χ1) is 8.20. The molecule has 0 atom stereocenters. The van der Waals surface area contributed by atoms with Gasteiger partial charge in [0.2, 0.25) is 5.91 Å². The van der Waals surface area contributed by atoms with Crippen LogP contribution >= 0.6 is 11.6 Å². The summed E-state index contributed by atoms with van der Waals surface area (Å²) in [5, 5.41) is 3.50. The minimum absolute atomic E-state index is 0.156. The van der Waals surface area contributed by atoms with Crippen molar-refractivity contribution in [2.75, 3.05) is 7.11 Å². The van der Waals surface area contributed by atoms with Gasteiger partial charge in [0.05, 0.1) is 12.1 Å². The average Bonchev–Trinajstić information content (AvgIpc) is 2.24. The fourth-order valence-electron chi connectivity index (χ4n) is 1.82. The molecule has 0 unspecified atom stereocenters. The number of carbonyl (C=O) groups excluding carboxylic acids is 1. The molecule has 4 heteroatoms. The maximum absolute atomic E-state index is 11.6. The van der Waals surface area contributed by atoms with E-state index in [1.807, 2.05) is 18.2 Å². The lowest BCUT2D eigenvalue weighted by molar-refractivity contribution is -0.127. The largest absolute Gasteiger partial charge is 0.495 e. The van der Waals surface area contributed by atoms with Crippen LogP contribution < -0.4 is 10.1 Å². The van der Waals surface area contributed by atoms with Crippen molar-refractivity contribution in [3.05, 3.63) is 28.8 Å². The molecule has 0 radical (unpaired) electrons. The Morgan fingerprint density at radius 2 is 2.29 bits per heavy atom. The molecule has 1 aliphatic carbocycles. The van der Waals surface area contributed by atoms with Crippen LogP contribution in [0.25, 0.3) is 0 Å². The van der Waals surface area contributed by atoms with Crippen LogP contribution in [0.5, 0.6) is 5.75 Å².